The number of halogens is 2. The molecule has 1 aromatic carbocycles. The molecule has 1 rings (SSSR count). The zero-order valence-electron chi connectivity index (χ0n) is 32.3. The van der Waals surface area contributed by atoms with Crippen molar-refractivity contribution in [3.63, 3.8) is 0 Å². The van der Waals surface area contributed by atoms with Crippen LogP contribution in [-0.2, 0) is 40.0 Å². The average Bonchev–Trinajstić information content (AvgIpc) is 3.15. The highest BCUT2D eigenvalue weighted by Gasteiger charge is 2.48. The van der Waals surface area contributed by atoms with Crippen molar-refractivity contribution in [2.75, 3.05) is 26.2 Å². The number of carboxylic acids is 1. The second kappa shape index (κ2) is 25.3. The molecule has 0 aromatic heterocycles. The highest BCUT2D eigenvalue weighted by Crippen LogP contribution is 2.29. The average molecular weight is 849 g/mol. The van der Waals surface area contributed by atoms with Gasteiger partial charge >= 0.3 is 5.97 Å². The van der Waals surface area contributed by atoms with E-state index < -0.39 is 100 Å². The molecule has 0 spiro atoms. The molecular formula is C35H59Cl2N11O9. The van der Waals surface area contributed by atoms with Gasteiger partial charge in [0, 0.05) is 6.42 Å². The third-order valence-corrected chi connectivity index (χ3v) is 10.1. The van der Waals surface area contributed by atoms with Crippen LogP contribution in [0.1, 0.15) is 52.0 Å². The molecular weight excluding hydrogens is 789 g/mol. The molecule has 0 aliphatic heterocycles. The Labute approximate surface area is 341 Å². The van der Waals surface area contributed by atoms with E-state index in [1.807, 2.05) is 0 Å². The summed E-state index contributed by atoms with van der Waals surface area (Å²) in [7, 11) is 0. The number of aliphatic hydroxyl groups excluding tert-OH is 1. The highest BCUT2D eigenvalue weighted by atomic mass is 35.5. The van der Waals surface area contributed by atoms with Gasteiger partial charge in [0.05, 0.1) is 17.5 Å². The summed E-state index contributed by atoms with van der Waals surface area (Å²) in [6.07, 6.45) is -1.84. The van der Waals surface area contributed by atoms with E-state index in [9.17, 15) is 43.8 Å². The Morgan fingerprint density at radius 3 is 1.54 bits per heavy atom. The van der Waals surface area contributed by atoms with Crippen LogP contribution in [-0.4, -0.2) is 131 Å². The van der Waals surface area contributed by atoms with Crippen LogP contribution in [0.3, 0.4) is 0 Å². The van der Waals surface area contributed by atoms with Crippen molar-refractivity contribution >= 4 is 64.6 Å². The zero-order valence-corrected chi connectivity index (χ0v) is 33.9. The first-order chi connectivity index (χ1) is 26.8. The standard InChI is InChI=1S/C35H59Cl2N11O9/c1-18(2)27(36)35(37,34(57)46-24(12-16-41)30(52)44-23(11-15-40)31(53)47-26(19(3)49)33(55)56)48-32(54)25(17-20-7-5-4-6-8-20)45-29(51)22(10-14-39)43-28(50)21(42)9-13-38/h4-8,18-19,21-27,49H,9-17,38-42H2,1-3H3,(H,43,50)(H,44,52)(H,45,51)(H,46,57)(H,47,53)(H,48,54)(H,55,56)/t19-,21+,22+,23+,24+,25-,26+,27?,35+/m1/s1. The monoisotopic (exact) mass is 847 g/mol. The number of nitrogens with one attached hydrogen (secondary N) is 6. The van der Waals surface area contributed by atoms with Crippen LogP contribution in [0, 0.1) is 5.92 Å². The van der Waals surface area contributed by atoms with Crippen LogP contribution < -0.4 is 60.6 Å². The van der Waals surface area contributed by atoms with Crippen LogP contribution in [0.5, 0.6) is 0 Å². The summed E-state index contributed by atoms with van der Waals surface area (Å²) in [6, 6.07) is 0.335. The molecule has 0 aliphatic carbocycles. The van der Waals surface area contributed by atoms with Gasteiger partial charge in [0.15, 0.2) is 6.04 Å². The Hall–Kier alpha value is -4.15. The Morgan fingerprint density at radius 2 is 1.11 bits per heavy atom. The molecule has 20 nitrogen and oxygen atoms in total. The fourth-order valence-corrected chi connectivity index (χ4v) is 5.94. The molecule has 0 saturated heterocycles. The van der Waals surface area contributed by atoms with Crippen molar-refractivity contribution in [3.8, 4) is 0 Å². The largest absolute Gasteiger partial charge is 0.480 e. The molecule has 1 aromatic rings. The number of carbonyl (C=O) groups excluding carboxylic acids is 6. The molecule has 6 amide bonds. The molecule has 0 saturated carbocycles. The number of benzene rings is 1. The van der Waals surface area contributed by atoms with E-state index >= 15 is 0 Å². The Morgan fingerprint density at radius 1 is 0.667 bits per heavy atom. The van der Waals surface area contributed by atoms with E-state index in [0.717, 1.165) is 6.92 Å². The second-order valence-corrected chi connectivity index (χ2v) is 14.8. The van der Waals surface area contributed by atoms with E-state index in [4.69, 9.17) is 51.9 Å². The van der Waals surface area contributed by atoms with Gasteiger partial charge in [0.2, 0.25) is 34.5 Å². The molecule has 0 aliphatic rings. The van der Waals surface area contributed by atoms with Gasteiger partial charge in [-0.05, 0) is 70.3 Å². The minimum absolute atomic E-state index is 0.0206. The molecule has 322 valence electrons. The van der Waals surface area contributed by atoms with Crippen molar-refractivity contribution in [1.82, 2.24) is 31.9 Å². The summed E-state index contributed by atoms with van der Waals surface area (Å²) in [5, 5.41) is 32.4. The van der Waals surface area contributed by atoms with Gasteiger partial charge in [-0.15, -0.1) is 11.6 Å². The first kappa shape index (κ1) is 50.9. The maximum Gasteiger partial charge on any atom is 0.328 e. The summed E-state index contributed by atoms with van der Waals surface area (Å²) >= 11 is 13.6. The number of carboxylic acid groups (broad SMARTS) is 1. The molecule has 0 fully saturated rings. The lowest BCUT2D eigenvalue weighted by Gasteiger charge is -2.36. The van der Waals surface area contributed by atoms with Gasteiger partial charge in [0.25, 0.3) is 5.91 Å². The Balaban J connectivity index is 3.49. The van der Waals surface area contributed by atoms with Gasteiger partial charge in [0.1, 0.15) is 24.2 Å². The van der Waals surface area contributed by atoms with Gasteiger partial charge in [-0.1, -0.05) is 55.8 Å². The lowest BCUT2D eigenvalue weighted by molar-refractivity contribution is -0.145. The summed E-state index contributed by atoms with van der Waals surface area (Å²) in [5.41, 5.74) is 29.1. The summed E-state index contributed by atoms with van der Waals surface area (Å²) in [4.78, 5) is 90.1. The van der Waals surface area contributed by atoms with Gasteiger partial charge in [-0.3, -0.25) is 28.8 Å². The smallest absolute Gasteiger partial charge is 0.328 e. The minimum atomic E-state index is -2.47. The molecule has 22 heteroatoms. The van der Waals surface area contributed by atoms with E-state index in [-0.39, 0.29) is 58.3 Å². The lowest BCUT2D eigenvalue weighted by atomic mass is 9.99. The van der Waals surface area contributed by atoms with Crippen molar-refractivity contribution in [3.05, 3.63) is 35.9 Å². The number of aliphatic hydroxyl groups is 1. The normalized spacial score (nSPS) is 16.6. The number of hydrogen-bond acceptors (Lipinski definition) is 13. The van der Waals surface area contributed by atoms with Crippen molar-refractivity contribution in [2.24, 2.45) is 34.6 Å². The van der Waals surface area contributed by atoms with Crippen molar-refractivity contribution in [2.45, 2.75) is 106 Å². The van der Waals surface area contributed by atoms with E-state index in [1.165, 1.54) is 0 Å². The first-order valence-electron chi connectivity index (χ1n) is 18.5. The third kappa shape index (κ3) is 16.3. The SMILES string of the molecule is CC(C)C(Cl)[C@](Cl)(NC(=O)[C@@H](Cc1ccccc1)NC(=O)[C@H](CCN)NC(=O)[C@@H](N)CCN)C(=O)N[C@@H](CCN)C(=O)N[C@@H](CCN)C(=O)N[C@H](C(=O)O)[C@@H](C)O. The quantitative estimate of drug-likeness (QED) is 0.0314. The fraction of sp³-hybridized carbons (Fsp3) is 0.629. The molecule has 0 heterocycles. The Bertz CT molecular complexity index is 1500. The summed E-state index contributed by atoms with van der Waals surface area (Å²) in [5.74, 6) is -7.58. The molecule has 57 heavy (non-hydrogen) atoms. The predicted octanol–water partition coefficient (Wildman–Crippen LogP) is -3.84. The van der Waals surface area contributed by atoms with E-state index in [0.29, 0.717) is 5.56 Å². The van der Waals surface area contributed by atoms with Crippen LogP contribution in [0.15, 0.2) is 30.3 Å². The number of amides is 6. The number of aliphatic carboxylic acids is 1. The number of nitrogens with two attached hydrogens (primary N) is 5. The minimum Gasteiger partial charge on any atom is -0.480 e. The van der Waals surface area contributed by atoms with E-state index in [1.54, 1.807) is 44.2 Å². The van der Waals surface area contributed by atoms with Crippen LogP contribution >= 0.6 is 23.2 Å². The zero-order chi connectivity index (χ0) is 43.5. The topological polar surface area (TPSA) is 362 Å². The fourth-order valence-electron chi connectivity index (χ4n) is 5.38. The van der Waals surface area contributed by atoms with Crippen molar-refractivity contribution < 1.29 is 43.8 Å². The lowest BCUT2D eigenvalue weighted by Crippen LogP contribution is -2.67. The molecule has 0 radical (unpaired) electrons. The molecule has 1 unspecified atom stereocenters. The van der Waals surface area contributed by atoms with Crippen LogP contribution in [0.2, 0.25) is 0 Å². The Kier molecular flexibility index (Phi) is 22.5. The first-order valence-corrected chi connectivity index (χ1v) is 19.3. The van der Waals surface area contributed by atoms with Gasteiger partial charge in [-0.2, -0.15) is 0 Å². The molecule has 18 N–H and O–H groups in total. The van der Waals surface area contributed by atoms with E-state index in [2.05, 4.69) is 31.9 Å². The van der Waals surface area contributed by atoms with Gasteiger partial charge in [-0.25, -0.2) is 4.79 Å². The third-order valence-electron chi connectivity index (χ3n) is 8.63. The van der Waals surface area contributed by atoms with Crippen LogP contribution in [0.4, 0.5) is 0 Å². The molecule has 0 bridgehead atoms. The number of rotatable bonds is 26. The van der Waals surface area contributed by atoms with Gasteiger partial charge < -0.3 is 70.8 Å². The predicted molar refractivity (Wildman–Crippen MR) is 213 cm³/mol. The number of alkyl halides is 2. The van der Waals surface area contributed by atoms with Crippen LogP contribution in [0.25, 0.3) is 0 Å². The number of hydrogen-bond donors (Lipinski definition) is 13. The summed E-state index contributed by atoms with van der Waals surface area (Å²) < 4.78 is 0. The molecule has 9 atom stereocenters. The summed E-state index contributed by atoms with van der Waals surface area (Å²) in [6.45, 7) is 4.20. The second-order valence-electron chi connectivity index (χ2n) is 13.7. The highest BCUT2D eigenvalue weighted by molar-refractivity contribution is 6.41. The maximum atomic E-state index is 14.1. The number of carbonyl (C=O) groups is 7. The maximum absolute atomic E-state index is 14.1. The van der Waals surface area contributed by atoms with Crippen molar-refractivity contribution in [1.29, 1.82) is 0 Å².